The number of hydrogen-bond donors (Lipinski definition) is 2. The van der Waals surface area contributed by atoms with Crippen LogP contribution in [-0.2, 0) is 12.2 Å². The second kappa shape index (κ2) is 7.16. The highest BCUT2D eigenvalue weighted by Crippen LogP contribution is 2.30. The van der Waals surface area contributed by atoms with E-state index in [9.17, 15) is 4.79 Å². The lowest BCUT2D eigenvalue weighted by atomic mass is 10.0. The molecule has 4 nitrogen and oxygen atoms in total. The Bertz CT molecular complexity index is 756. The van der Waals surface area contributed by atoms with Crippen molar-refractivity contribution < 1.29 is 4.74 Å². The summed E-state index contributed by atoms with van der Waals surface area (Å²) in [5.74, 6) is 2.83. The van der Waals surface area contributed by atoms with E-state index >= 15 is 0 Å². The van der Waals surface area contributed by atoms with Crippen molar-refractivity contribution in [3.8, 4) is 5.75 Å². The third kappa shape index (κ3) is 3.37. The van der Waals surface area contributed by atoms with Crippen LogP contribution in [-0.4, -0.2) is 29.9 Å². The van der Waals surface area contributed by atoms with Gasteiger partial charge < -0.3 is 15.0 Å². The lowest BCUT2D eigenvalue weighted by Gasteiger charge is -2.24. The molecule has 0 radical (unpaired) electrons. The van der Waals surface area contributed by atoms with Gasteiger partial charge in [0.15, 0.2) is 0 Å². The number of aryl methyl sites for hydroxylation is 1. The van der Waals surface area contributed by atoms with E-state index in [-0.39, 0.29) is 18.0 Å². The molecule has 2 N–H and O–H groups in total. The third-order valence-corrected chi connectivity index (χ3v) is 5.52. The van der Waals surface area contributed by atoms with E-state index in [0.717, 1.165) is 66.1 Å². The number of hydrogen-bond acceptors (Lipinski definition) is 4. The van der Waals surface area contributed by atoms with E-state index in [0.29, 0.717) is 6.10 Å². The van der Waals surface area contributed by atoms with Crippen LogP contribution in [0.4, 0.5) is 0 Å². The average Bonchev–Trinajstić information content (AvgIpc) is 2.57. The van der Waals surface area contributed by atoms with Crippen LogP contribution in [0.1, 0.15) is 24.0 Å². The zero-order valence-electron chi connectivity index (χ0n) is 12.9. The van der Waals surface area contributed by atoms with Crippen molar-refractivity contribution in [1.29, 1.82) is 0 Å². The van der Waals surface area contributed by atoms with Crippen molar-refractivity contribution in [1.82, 2.24) is 10.3 Å². The van der Waals surface area contributed by atoms with E-state index in [1.165, 1.54) is 5.56 Å². The molecule has 1 aromatic carbocycles. The quantitative estimate of drug-likeness (QED) is 0.872. The number of aromatic amines is 1. The van der Waals surface area contributed by atoms with Crippen LogP contribution in [0.25, 0.3) is 10.9 Å². The maximum absolute atomic E-state index is 12.2. The molecule has 2 aromatic rings. The van der Waals surface area contributed by atoms with Gasteiger partial charge in [0.2, 0.25) is 0 Å². The first kappa shape index (κ1) is 16.7. The molecule has 0 unspecified atom stereocenters. The van der Waals surface area contributed by atoms with E-state index in [4.69, 9.17) is 4.74 Å². The van der Waals surface area contributed by atoms with E-state index in [1.54, 1.807) is 0 Å². The zero-order chi connectivity index (χ0) is 14.9. The molecule has 2 aliphatic heterocycles. The molecule has 1 saturated heterocycles. The molecule has 3 heterocycles. The molecule has 6 heteroatoms. The highest BCUT2D eigenvalue weighted by molar-refractivity contribution is 7.98. The zero-order valence-corrected chi connectivity index (χ0v) is 14.5. The first-order chi connectivity index (χ1) is 10.8. The van der Waals surface area contributed by atoms with Crippen molar-refractivity contribution in [2.24, 2.45) is 0 Å². The predicted octanol–water partition coefficient (Wildman–Crippen LogP) is 2.87. The van der Waals surface area contributed by atoms with Gasteiger partial charge in [-0.3, -0.25) is 4.79 Å². The first-order valence-corrected chi connectivity index (χ1v) is 9.09. The summed E-state index contributed by atoms with van der Waals surface area (Å²) in [6, 6.07) is 6.07. The maximum Gasteiger partial charge on any atom is 0.252 e. The number of thioether (sulfide) groups is 1. The second-order valence-corrected chi connectivity index (χ2v) is 7.09. The minimum atomic E-state index is 0. The Balaban J connectivity index is 0.00000156. The number of H-pyrrole nitrogens is 1. The Morgan fingerprint density at radius 3 is 2.83 bits per heavy atom. The molecule has 1 fully saturated rings. The van der Waals surface area contributed by atoms with Gasteiger partial charge in [-0.15, -0.1) is 12.4 Å². The van der Waals surface area contributed by atoms with Crippen molar-refractivity contribution in [2.45, 2.75) is 31.1 Å². The molecular formula is C17H21ClN2O2S. The summed E-state index contributed by atoms with van der Waals surface area (Å²) in [5.41, 5.74) is 3.16. The molecular weight excluding hydrogens is 332 g/mol. The Labute approximate surface area is 145 Å². The third-order valence-electron chi connectivity index (χ3n) is 4.53. The maximum atomic E-state index is 12.2. The van der Waals surface area contributed by atoms with Crippen LogP contribution in [0.15, 0.2) is 23.0 Å². The van der Waals surface area contributed by atoms with Gasteiger partial charge in [-0.1, -0.05) is 0 Å². The summed E-state index contributed by atoms with van der Waals surface area (Å²) >= 11 is 1.83. The molecule has 0 aliphatic carbocycles. The standard InChI is InChI=1S/C17H20N2O2S.ClH/c20-17-15-10-22-8-5-13(15)14-9-12(1-2-16(14)19-17)21-11-3-6-18-7-4-11;/h1-2,9,11,18H,3-8,10H2,(H,19,20);1H. The smallest absolute Gasteiger partial charge is 0.252 e. The van der Waals surface area contributed by atoms with Gasteiger partial charge in [0.1, 0.15) is 11.9 Å². The molecule has 1 aromatic heterocycles. The molecule has 0 amide bonds. The van der Waals surface area contributed by atoms with Crippen molar-refractivity contribution in [3.63, 3.8) is 0 Å². The van der Waals surface area contributed by atoms with E-state index < -0.39 is 0 Å². The lowest BCUT2D eigenvalue weighted by molar-refractivity contribution is 0.162. The SMILES string of the molecule is Cl.O=c1[nH]c2ccc(OC3CCNCC3)cc2c2c1CSCC2. The highest BCUT2D eigenvalue weighted by atomic mass is 35.5. The molecule has 0 saturated carbocycles. The van der Waals surface area contributed by atoms with Crippen LogP contribution in [0, 0.1) is 0 Å². The summed E-state index contributed by atoms with van der Waals surface area (Å²) in [4.78, 5) is 15.2. The van der Waals surface area contributed by atoms with Gasteiger partial charge in [0.25, 0.3) is 5.56 Å². The van der Waals surface area contributed by atoms with E-state index in [1.807, 2.05) is 23.9 Å². The van der Waals surface area contributed by atoms with Crippen molar-refractivity contribution in [2.75, 3.05) is 18.8 Å². The number of pyridine rings is 1. The number of benzene rings is 1. The summed E-state index contributed by atoms with van der Waals surface area (Å²) in [5, 5.41) is 4.51. The number of piperidine rings is 1. The van der Waals surface area contributed by atoms with Crippen molar-refractivity contribution >= 4 is 35.1 Å². The molecule has 2 aliphatic rings. The highest BCUT2D eigenvalue weighted by Gasteiger charge is 2.18. The summed E-state index contributed by atoms with van der Waals surface area (Å²) < 4.78 is 6.15. The van der Waals surface area contributed by atoms with Crippen molar-refractivity contribution in [3.05, 3.63) is 39.7 Å². The molecule has 23 heavy (non-hydrogen) atoms. The predicted molar refractivity (Wildman–Crippen MR) is 98.2 cm³/mol. The lowest BCUT2D eigenvalue weighted by Crippen LogP contribution is -2.34. The molecule has 124 valence electrons. The topological polar surface area (TPSA) is 54.1 Å². The number of ether oxygens (including phenoxy) is 1. The average molecular weight is 353 g/mol. The van der Waals surface area contributed by atoms with Gasteiger partial charge in [0, 0.05) is 22.2 Å². The number of aromatic nitrogens is 1. The summed E-state index contributed by atoms with van der Waals surface area (Å²) in [6.07, 6.45) is 3.38. The summed E-state index contributed by atoms with van der Waals surface area (Å²) in [6.45, 7) is 2.05. The second-order valence-electron chi connectivity index (χ2n) is 5.99. The van der Waals surface area contributed by atoms with Gasteiger partial charge >= 0.3 is 0 Å². The van der Waals surface area contributed by atoms with Gasteiger partial charge in [0.05, 0.1) is 0 Å². The minimum Gasteiger partial charge on any atom is -0.490 e. The van der Waals surface area contributed by atoms with Crippen LogP contribution >= 0.6 is 24.2 Å². The first-order valence-electron chi connectivity index (χ1n) is 7.94. The Hall–Kier alpha value is -1.17. The number of halogens is 1. The number of fused-ring (bicyclic) bond motifs is 3. The number of rotatable bonds is 2. The Morgan fingerprint density at radius 2 is 2.00 bits per heavy atom. The molecule has 0 atom stereocenters. The number of nitrogens with one attached hydrogen (secondary N) is 2. The fourth-order valence-corrected chi connectivity index (χ4v) is 4.35. The fraction of sp³-hybridized carbons (Fsp3) is 0.471. The van der Waals surface area contributed by atoms with Gasteiger partial charge in [-0.05, 0) is 61.9 Å². The molecule has 4 rings (SSSR count). The van der Waals surface area contributed by atoms with Gasteiger partial charge in [-0.2, -0.15) is 11.8 Å². The normalized spacial score (nSPS) is 18.3. The molecule has 0 spiro atoms. The van der Waals surface area contributed by atoms with Crippen LogP contribution in [0.2, 0.25) is 0 Å². The largest absolute Gasteiger partial charge is 0.490 e. The monoisotopic (exact) mass is 352 g/mol. The molecule has 0 bridgehead atoms. The summed E-state index contributed by atoms with van der Waals surface area (Å²) in [7, 11) is 0. The van der Waals surface area contributed by atoms with Crippen LogP contribution in [0.3, 0.4) is 0 Å². The Morgan fingerprint density at radius 1 is 1.17 bits per heavy atom. The van der Waals surface area contributed by atoms with E-state index in [2.05, 4.69) is 16.4 Å². The minimum absolute atomic E-state index is 0. The fourth-order valence-electron chi connectivity index (χ4n) is 3.35. The van der Waals surface area contributed by atoms with Crippen LogP contribution < -0.4 is 15.6 Å². The Kier molecular flexibility index (Phi) is 5.19. The van der Waals surface area contributed by atoms with Gasteiger partial charge in [-0.25, -0.2) is 0 Å². The van der Waals surface area contributed by atoms with Crippen LogP contribution in [0.5, 0.6) is 5.75 Å².